The van der Waals surface area contributed by atoms with Gasteiger partial charge in [0.25, 0.3) is 0 Å². The third-order valence-electron chi connectivity index (χ3n) is 2.81. The van der Waals surface area contributed by atoms with Gasteiger partial charge in [0.1, 0.15) is 0 Å². The Morgan fingerprint density at radius 2 is 2.18 bits per heavy atom. The summed E-state index contributed by atoms with van der Waals surface area (Å²) >= 11 is 0. The molecule has 2 N–H and O–H groups in total. The monoisotopic (exact) mass is 238 g/mol. The maximum absolute atomic E-state index is 9.91. The Morgan fingerprint density at radius 3 is 2.88 bits per heavy atom. The molecule has 1 aromatic rings. The van der Waals surface area contributed by atoms with Gasteiger partial charge in [-0.05, 0) is 6.07 Å². The maximum atomic E-state index is 9.91. The zero-order valence-electron chi connectivity index (χ0n) is 9.98. The average molecular weight is 238 g/mol. The minimum absolute atomic E-state index is 0.204. The van der Waals surface area contributed by atoms with Gasteiger partial charge >= 0.3 is 0 Å². The molecule has 0 unspecified atom stereocenters. The van der Waals surface area contributed by atoms with Crippen molar-refractivity contribution in [3.05, 3.63) is 23.8 Å². The summed E-state index contributed by atoms with van der Waals surface area (Å²) in [7, 11) is 1.55. The SMILES string of the molecule is COc1cccc(CNN2CCOCC2)c1O. The van der Waals surface area contributed by atoms with E-state index in [4.69, 9.17) is 9.47 Å². The number of hydrogen-bond acceptors (Lipinski definition) is 5. The Labute approximate surface area is 101 Å². The van der Waals surface area contributed by atoms with Gasteiger partial charge in [-0.15, -0.1) is 0 Å². The van der Waals surface area contributed by atoms with Crippen LogP contribution in [0.15, 0.2) is 18.2 Å². The van der Waals surface area contributed by atoms with Crippen LogP contribution in [0.3, 0.4) is 0 Å². The predicted molar refractivity (Wildman–Crippen MR) is 63.9 cm³/mol. The van der Waals surface area contributed by atoms with Crippen molar-refractivity contribution in [2.75, 3.05) is 33.4 Å². The zero-order valence-corrected chi connectivity index (χ0v) is 9.98. The Balaban J connectivity index is 1.93. The van der Waals surface area contributed by atoms with Crippen molar-refractivity contribution in [1.29, 1.82) is 0 Å². The number of phenolic OH excluding ortho intramolecular Hbond substituents is 1. The van der Waals surface area contributed by atoms with Crippen LogP contribution < -0.4 is 10.2 Å². The second kappa shape index (κ2) is 5.86. The Morgan fingerprint density at radius 1 is 1.41 bits per heavy atom. The Kier molecular flexibility index (Phi) is 4.19. The quantitative estimate of drug-likeness (QED) is 0.810. The molecule has 0 aliphatic carbocycles. The third kappa shape index (κ3) is 3.09. The van der Waals surface area contributed by atoms with Gasteiger partial charge in [0, 0.05) is 25.2 Å². The fourth-order valence-corrected chi connectivity index (χ4v) is 1.79. The van der Waals surface area contributed by atoms with E-state index in [0.717, 1.165) is 31.9 Å². The molecule has 5 nitrogen and oxygen atoms in total. The van der Waals surface area contributed by atoms with E-state index in [0.29, 0.717) is 12.3 Å². The number of para-hydroxylation sites is 1. The van der Waals surface area contributed by atoms with Gasteiger partial charge in [-0.25, -0.2) is 5.01 Å². The van der Waals surface area contributed by atoms with Crippen LogP contribution in [0.25, 0.3) is 0 Å². The smallest absolute Gasteiger partial charge is 0.162 e. The molecule has 94 valence electrons. The number of phenols is 1. The molecule has 17 heavy (non-hydrogen) atoms. The lowest BCUT2D eigenvalue weighted by Gasteiger charge is -2.27. The Hall–Kier alpha value is -1.30. The Bertz CT molecular complexity index is 365. The molecule has 0 saturated carbocycles. The van der Waals surface area contributed by atoms with Crippen LogP contribution in [0.1, 0.15) is 5.56 Å². The van der Waals surface area contributed by atoms with Crippen molar-refractivity contribution in [3.8, 4) is 11.5 Å². The maximum Gasteiger partial charge on any atom is 0.162 e. The van der Waals surface area contributed by atoms with E-state index in [9.17, 15) is 5.11 Å². The summed E-state index contributed by atoms with van der Waals surface area (Å²) in [6.07, 6.45) is 0. The van der Waals surface area contributed by atoms with Crippen molar-refractivity contribution in [1.82, 2.24) is 10.4 Å². The molecule has 1 fully saturated rings. The van der Waals surface area contributed by atoms with Gasteiger partial charge in [-0.3, -0.25) is 5.43 Å². The summed E-state index contributed by atoms with van der Waals surface area (Å²) in [5.41, 5.74) is 4.10. The second-order valence-corrected chi connectivity index (χ2v) is 3.90. The predicted octanol–water partition coefficient (Wildman–Crippen LogP) is 0.738. The number of benzene rings is 1. The number of morpholine rings is 1. The van der Waals surface area contributed by atoms with Crippen molar-refractivity contribution in [2.45, 2.75) is 6.54 Å². The molecule has 2 rings (SSSR count). The van der Waals surface area contributed by atoms with Gasteiger partial charge in [0.15, 0.2) is 11.5 Å². The number of rotatable bonds is 4. The van der Waals surface area contributed by atoms with Gasteiger partial charge in [0.2, 0.25) is 0 Å². The van der Waals surface area contributed by atoms with Gasteiger partial charge in [-0.2, -0.15) is 0 Å². The van der Waals surface area contributed by atoms with Crippen LogP contribution in [-0.4, -0.2) is 43.5 Å². The van der Waals surface area contributed by atoms with Crippen LogP contribution >= 0.6 is 0 Å². The lowest BCUT2D eigenvalue weighted by atomic mass is 10.2. The number of ether oxygens (including phenoxy) is 2. The highest BCUT2D eigenvalue weighted by atomic mass is 16.5. The average Bonchev–Trinajstić information content (AvgIpc) is 2.39. The zero-order chi connectivity index (χ0) is 12.1. The van der Waals surface area contributed by atoms with E-state index in [1.165, 1.54) is 0 Å². The molecule has 5 heteroatoms. The summed E-state index contributed by atoms with van der Waals surface area (Å²) < 4.78 is 10.3. The number of aromatic hydroxyl groups is 1. The third-order valence-corrected chi connectivity index (χ3v) is 2.81. The normalized spacial score (nSPS) is 17.0. The lowest BCUT2D eigenvalue weighted by molar-refractivity contribution is 0.0104. The molecule has 1 saturated heterocycles. The summed E-state index contributed by atoms with van der Waals surface area (Å²) in [6, 6.07) is 5.49. The van der Waals surface area contributed by atoms with Crippen LogP contribution in [0.4, 0.5) is 0 Å². The number of hydrogen-bond donors (Lipinski definition) is 2. The highest BCUT2D eigenvalue weighted by Gasteiger charge is 2.11. The number of nitrogens with one attached hydrogen (secondary N) is 1. The minimum Gasteiger partial charge on any atom is -0.504 e. The first-order chi connectivity index (χ1) is 8.31. The molecule has 0 radical (unpaired) electrons. The molecule has 0 spiro atoms. The summed E-state index contributed by atoms with van der Waals surface area (Å²) in [4.78, 5) is 0. The first-order valence-corrected chi connectivity index (χ1v) is 5.72. The summed E-state index contributed by atoms with van der Waals surface area (Å²) in [5, 5.41) is 12.0. The standard InChI is InChI=1S/C12H18N2O3/c1-16-11-4-2-3-10(12(11)15)9-13-14-5-7-17-8-6-14/h2-4,13,15H,5-9H2,1H3. The first-order valence-electron chi connectivity index (χ1n) is 5.72. The minimum atomic E-state index is 0.204. The van der Waals surface area contributed by atoms with Crippen LogP contribution in [0.2, 0.25) is 0 Å². The highest BCUT2D eigenvalue weighted by molar-refractivity contribution is 5.45. The van der Waals surface area contributed by atoms with E-state index in [2.05, 4.69) is 10.4 Å². The van der Waals surface area contributed by atoms with E-state index in [-0.39, 0.29) is 5.75 Å². The van der Waals surface area contributed by atoms with Crippen LogP contribution in [0, 0.1) is 0 Å². The van der Waals surface area contributed by atoms with Gasteiger partial charge < -0.3 is 14.6 Å². The van der Waals surface area contributed by atoms with E-state index in [1.54, 1.807) is 13.2 Å². The van der Waals surface area contributed by atoms with Gasteiger partial charge in [0.05, 0.1) is 20.3 Å². The number of nitrogens with zero attached hydrogens (tertiary/aromatic N) is 1. The largest absolute Gasteiger partial charge is 0.504 e. The molecule has 0 atom stereocenters. The second-order valence-electron chi connectivity index (χ2n) is 3.90. The lowest BCUT2D eigenvalue weighted by Crippen LogP contribution is -2.45. The molecule has 1 aliphatic heterocycles. The summed E-state index contributed by atoms with van der Waals surface area (Å²) in [6.45, 7) is 3.81. The highest BCUT2D eigenvalue weighted by Crippen LogP contribution is 2.29. The van der Waals surface area contributed by atoms with Crippen LogP contribution in [-0.2, 0) is 11.3 Å². The molecule has 0 bridgehead atoms. The van der Waals surface area contributed by atoms with Crippen molar-refractivity contribution in [2.24, 2.45) is 0 Å². The topological polar surface area (TPSA) is 54.0 Å². The van der Waals surface area contributed by atoms with Gasteiger partial charge in [-0.1, -0.05) is 12.1 Å². The van der Waals surface area contributed by atoms with Crippen LogP contribution in [0.5, 0.6) is 11.5 Å². The molecule has 0 aromatic heterocycles. The van der Waals surface area contributed by atoms with Crippen molar-refractivity contribution in [3.63, 3.8) is 0 Å². The molecule has 0 amide bonds. The fourth-order valence-electron chi connectivity index (χ4n) is 1.79. The first kappa shape index (κ1) is 12.2. The summed E-state index contributed by atoms with van der Waals surface area (Å²) in [5.74, 6) is 0.710. The van der Waals surface area contributed by atoms with Crippen molar-refractivity contribution >= 4 is 0 Å². The molecule has 1 aliphatic rings. The molecular weight excluding hydrogens is 220 g/mol. The van der Waals surface area contributed by atoms with Crippen molar-refractivity contribution < 1.29 is 14.6 Å². The van der Waals surface area contributed by atoms with E-state index < -0.39 is 0 Å². The van der Waals surface area contributed by atoms with E-state index in [1.807, 2.05) is 12.1 Å². The molecule has 1 aromatic carbocycles. The number of hydrazine groups is 1. The molecule has 1 heterocycles. The fraction of sp³-hybridized carbons (Fsp3) is 0.500. The number of methoxy groups -OCH3 is 1. The van der Waals surface area contributed by atoms with E-state index >= 15 is 0 Å². The molecular formula is C12H18N2O3.